The zero-order valence-corrected chi connectivity index (χ0v) is 27.3. The molecular weight excluding hydrogens is 588 g/mol. The molecule has 5 aromatic rings. The van der Waals surface area contributed by atoms with Gasteiger partial charge in [0, 0.05) is 48.1 Å². The zero-order valence-electron chi connectivity index (χ0n) is 27.3. The van der Waals surface area contributed by atoms with E-state index in [4.69, 9.17) is 9.97 Å². The van der Waals surface area contributed by atoms with Crippen molar-refractivity contribution in [1.82, 2.24) is 19.4 Å². The molecule has 2 aromatic heterocycles. The molecule has 0 radical (unpaired) electrons. The largest absolute Gasteiger partial charge is 0.465 e. The first-order chi connectivity index (χ1) is 22.5. The second kappa shape index (κ2) is 11.1. The number of fused-ring (bicyclic) bond motifs is 5. The fourth-order valence-corrected chi connectivity index (χ4v) is 7.12. The second-order valence-electron chi connectivity index (χ2n) is 13.4. The SMILES string of the molecule is CC(=O)N(C)c1ccc(-c2nc3n(c2-c2ccc(C4(N(C(=O)O)C(C)(C)C)CCC4)cc2)-c2cccnc2Nc2ccccc2-3)cc1. The minimum absolute atomic E-state index is 0.0439. The molecule has 1 aliphatic heterocycles. The Balaban J connectivity index is 1.45. The van der Waals surface area contributed by atoms with E-state index in [0.29, 0.717) is 0 Å². The van der Waals surface area contributed by atoms with Crippen molar-refractivity contribution in [2.45, 2.75) is 58.0 Å². The standard InChI is InChI=1S/C38H38N6O3/c1-24(45)42(5)28-19-15-25(16-20-28)32-33(26-13-17-27(18-14-26)38(21-9-22-38)44(36(46)47)37(2,3)4)43-31-12-8-23-39-34(31)40-30-11-7-6-10-29(30)35(43)41-32/h6-8,10-20,23H,9,21-22H2,1-5H3,(H,39,40)(H,46,47). The third kappa shape index (κ3) is 4.93. The summed E-state index contributed by atoms with van der Waals surface area (Å²) in [7, 11) is 1.76. The van der Waals surface area contributed by atoms with E-state index in [2.05, 4.69) is 40.2 Å². The van der Waals surface area contributed by atoms with E-state index in [1.54, 1.807) is 30.0 Å². The summed E-state index contributed by atoms with van der Waals surface area (Å²) in [4.78, 5) is 37.9. The Labute approximate surface area is 274 Å². The van der Waals surface area contributed by atoms with Gasteiger partial charge >= 0.3 is 6.09 Å². The number of para-hydroxylation sites is 1. The monoisotopic (exact) mass is 626 g/mol. The summed E-state index contributed by atoms with van der Waals surface area (Å²) >= 11 is 0. The summed E-state index contributed by atoms with van der Waals surface area (Å²) in [5.41, 5.74) is 6.90. The van der Waals surface area contributed by atoms with Crippen molar-refractivity contribution < 1.29 is 14.7 Å². The van der Waals surface area contributed by atoms with Gasteiger partial charge in [-0.3, -0.25) is 14.3 Å². The van der Waals surface area contributed by atoms with Crippen molar-refractivity contribution in [3.8, 4) is 39.6 Å². The summed E-state index contributed by atoms with van der Waals surface area (Å²) in [6.45, 7) is 7.42. The number of carbonyl (C=O) groups excluding carboxylic acids is 1. The lowest BCUT2D eigenvalue weighted by molar-refractivity contribution is -0.116. The highest BCUT2D eigenvalue weighted by Gasteiger charge is 2.50. The molecule has 0 atom stereocenters. The zero-order chi connectivity index (χ0) is 33.1. The van der Waals surface area contributed by atoms with E-state index in [1.807, 2.05) is 75.4 Å². The van der Waals surface area contributed by atoms with Crippen molar-refractivity contribution in [3.63, 3.8) is 0 Å². The molecule has 47 heavy (non-hydrogen) atoms. The number of hydrogen-bond acceptors (Lipinski definition) is 5. The molecule has 9 nitrogen and oxygen atoms in total. The van der Waals surface area contributed by atoms with Crippen LogP contribution in [0.2, 0.25) is 0 Å². The topological polar surface area (TPSA) is 104 Å². The number of anilines is 3. The van der Waals surface area contributed by atoms with Crippen LogP contribution in [0, 0.1) is 0 Å². The first-order valence-corrected chi connectivity index (χ1v) is 15.9. The van der Waals surface area contributed by atoms with Gasteiger partial charge in [0.05, 0.1) is 28.3 Å². The molecule has 238 valence electrons. The van der Waals surface area contributed by atoms with Crippen LogP contribution in [0.5, 0.6) is 0 Å². The van der Waals surface area contributed by atoms with Crippen LogP contribution in [0.25, 0.3) is 39.6 Å². The molecule has 3 heterocycles. The molecule has 1 aliphatic carbocycles. The van der Waals surface area contributed by atoms with E-state index in [1.165, 1.54) is 0 Å². The van der Waals surface area contributed by atoms with Gasteiger partial charge in [-0.25, -0.2) is 14.8 Å². The summed E-state index contributed by atoms with van der Waals surface area (Å²) < 4.78 is 2.17. The van der Waals surface area contributed by atoms with Gasteiger partial charge < -0.3 is 15.3 Å². The number of carboxylic acid groups (broad SMARTS) is 1. The predicted molar refractivity (Wildman–Crippen MR) is 185 cm³/mol. The minimum atomic E-state index is -0.904. The number of nitrogens with one attached hydrogen (secondary N) is 1. The van der Waals surface area contributed by atoms with Crippen LogP contribution in [0.3, 0.4) is 0 Å². The van der Waals surface area contributed by atoms with E-state index in [9.17, 15) is 14.7 Å². The highest BCUT2D eigenvalue weighted by atomic mass is 16.4. The van der Waals surface area contributed by atoms with Crippen LogP contribution in [0.1, 0.15) is 52.5 Å². The van der Waals surface area contributed by atoms with Crippen LogP contribution < -0.4 is 10.2 Å². The Morgan fingerprint density at radius 3 is 2.21 bits per heavy atom. The first-order valence-electron chi connectivity index (χ1n) is 15.9. The summed E-state index contributed by atoms with van der Waals surface area (Å²) in [5.74, 6) is 1.45. The Kier molecular flexibility index (Phi) is 7.15. The molecule has 3 aromatic carbocycles. The second-order valence-corrected chi connectivity index (χ2v) is 13.4. The maximum atomic E-state index is 12.6. The Hall–Kier alpha value is -5.44. The molecule has 9 heteroatoms. The summed E-state index contributed by atoms with van der Waals surface area (Å²) in [5, 5.41) is 13.9. The van der Waals surface area contributed by atoms with Crippen molar-refractivity contribution in [1.29, 1.82) is 0 Å². The van der Waals surface area contributed by atoms with E-state index in [-0.39, 0.29) is 5.91 Å². The number of benzene rings is 3. The van der Waals surface area contributed by atoms with Crippen molar-refractivity contribution in [2.24, 2.45) is 0 Å². The Morgan fingerprint density at radius 1 is 0.915 bits per heavy atom. The van der Waals surface area contributed by atoms with Gasteiger partial charge in [0.1, 0.15) is 5.82 Å². The molecule has 0 saturated heterocycles. The van der Waals surface area contributed by atoms with Gasteiger partial charge in [-0.2, -0.15) is 0 Å². The highest BCUT2D eigenvalue weighted by Crippen LogP contribution is 2.50. The van der Waals surface area contributed by atoms with Gasteiger partial charge in [-0.05, 0) is 82.0 Å². The van der Waals surface area contributed by atoms with E-state index < -0.39 is 17.2 Å². The smallest absolute Gasteiger partial charge is 0.408 e. The Morgan fingerprint density at radius 2 is 1.60 bits per heavy atom. The maximum Gasteiger partial charge on any atom is 0.408 e. The number of hydrogen-bond donors (Lipinski definition) is 2. The quantitative estimate of drug-likeness (QED) is 0.199. The fourth-order valence-electron chi connectivity index (χ4n) is 7.12. The molecule has 7 rings (SSSR count). The lowest BCUT2D eigenvalue weighted by Crippen LogP contribution is -2.60. The van der Waals surface area contributed by atoms with Gasteiger partial charge in [0.25, 0.3) is 0 Å². The molecule has 1 saturated carbocycles. The minimum Gasteiger partial charge on any atom is -0.465 e. The number of imidazole rings is 1. The Bertz CT molecular complexity index is 2000. The van der Waals surface area contributed by atoms with Crippen molar-refractivity contribution >= 4 is 29.2 Å². The fraction of sp³-hybridized carbons (Fsp3) is 0.263. The number of rotatable bonds is 5. The highest BCUT2D eigenvalue weighted by molar-refractivity contribution is 5.93. The molecule has 0 bridgehead atoms. The van der Waals surface area contributed by atoms with Gasteiger partial charge in [-0.15, -0.1) is 0 Å². The molecule has 2 N–H and O–H groups in total. The molecule has 0 unspecified atom stereocenters. The maximum absolute atomic E-state index is 12.6. The molecule has 2 amide bonds. The molecule has 1 fully saturated rings. The van der Waals surface area contributed by atoms with Crippen LogP contribution in [0.15, 0.2) is 91.1 Å². The third-order valence-electron chi connectivity index (χ3n) is 9.49. The first kappa shape index (κ1) is 30.2. The van der Waals surface area contributed by atoms with Crippen molar-refractivity contribution in [2.75, 3.05) is 17.3 Å². The van der Waals surface area contributed by atoms with E-state index >= 15 is 0 Å². The van der Waals surface area contributed by atoms with Crippen LogP contribution in [-0.4, -0.2) is 49.1 Å². The van der Waals surface area contributed by atoms with Crippen LogP contribution >= 0.6 is 0 Å². The van der Waals surface area contributed by atoms with Gasteiger partial charge in [0.15, 0.2) is 5.82 Å². The normalized spacial score (nSPS) is 14.4. The molecular formula is C38H38N6O3. The number of amides is 2. The number of pyridine rings is 1. The number of aromatic nitrogens is 3. The third-order valence-corrected chi connectivity index (χ3v) is 9.49. The molecule has 0 spiro atoms. The van der Waals surface area contributed by atoms with Gasteiger partial charge in [-0.1, -0.05) is 48.5 Å². The summed E-state index contributed by atoms with van der Waals surface area (Å²) in [6.07, 6.45) is 3.42. The lowest BCUT2D eigenvalue weighted by Gasteiger charge is -2.54. The predicted octanol–water partition coefficient (Wildman–Crippen LogP) is 8.47. The van der Waals surface area contributed by atoms with Crippen LogP contribution in [-0.2, 0) is 10.3 Å². The average molecular weight is 627 g/mol. The molecule has 2 aliphatic rings. The summed E-state index contributed by atoms with van der Waals surface area (Å²) in [6, 6.07) is 28.3. The van der Waals surface area contributed by atoms with Crippen LogP contribution in [0.4, 0.5) is 22.0 Å². The number of nitrogens with zero attached hydrogens (tertiary/aromatic N) is 5. The average Bonchev–Trinajstić information content (AvgIpc) is 3.36. The van der Waals surface area contributed by atoms with Gasteiger partial charge in [0.2, 0.25) is 5.91 Å². The number of carbonyl (C=O) groups is 2. The van der Waals surface area contributed by atoms with E-state index in [0.717, 1.165) is 81.6 Å². The van der Waals surface area contributed by atoms with Crippen molar-refractivity contribution in [3.05, 3.63) is 96.7 Å². The lowest BCUT2D eigenvalue weighted by atomic mass is 9.69.